The van der Waals surface area contributed by atoms with Gasteiger partial charge >= 0.3 is 0 Å². The van der Waals surface area contributed by atoms with Gasteiger partial charge in [0.15, 0.2) is 0 Å². The number of nitrogens with one attached hydrogen (secondary N) is 1. The van der Waals surface area contributed by atoms with Crippen molar-refractivity contribution in [3.05, 3.63) is 300 Å². The number of fused-ring (bicyclic) bond motifs is 5. The summed E-state index contributed by atoms with van der Waals surface area (Å²) in [6.45, 7) is 0. The van der Waals surface area contributed by atoms with E-state index in [1.807, 2.05) is 121 Å². The molecule has 2 aromatic heterocycles. The van der Waals surface area contributed by atoms with Gasteiger partial charge in [-0.2, -0.15) is 0 Å². The molecule has 434 valence electrons. The lowest BCUT2D eigenvalue weighted by atomic mass is 9.94. The first kappa shape index (κ1) is 56.7. The monoisotopic (exact) mass is 1160 g/mol. The van der Waals surface area contributed by atoms with Gasteiger partial charge in [0.2, 0.25) is 0 Å². The predicted octanol–water partition coefficient (Wildman–Crippen LogP) is 17.7. The second-order valence-corrected chi connectivity index (χ2v) is 21.4. The molecule has 12 aromatic rings. The number of rotatable bonds is 14. The number of hydrogen-bond donors (Lipinski definition) is 1. The first-order valence-corrected chi connectivity index (χ1v) is 29.1. The van der Waals surface area contributed by atoms with E-state index in [4.69, 9.17) is 43.9 Å². The smallest absolute Gasteiger partial charge is 0.262 e. The summed E-state index contributed by atoms with van der Waals surface area (Å²) < 4.78 is 24.0. The highest BCUT2D eigenvalue weighted by Gasteiger charge is 2.50. The summed E-state index contributed by atoms with van der Waals surface area (Å²) in [5.41, 5.74) is 20.9. The fraction of sp³-hybridized carbons (Fsp3) is 0.0897. The third kappa shape index (κ3) is 10.6. The van der Waals surface area contributed by atoms with E-state index in [9.17, 15) is 0 Å². The maximum Gasteiger partial charge on any atom is 0.262 e. The molecule has 0 fully saturated rings. The summed E-state index contributed by atoms with van der Waals surface area (Å²) >= 11 is 0. The number of benzene rings is 10. The van der Waals surface area contributed by atoms with E-state index in [0.29, 0.717) is 6.42 Å². The molecule has 15 rings (SSSR count). The van der Waals surface area contributed by atoms with Crippen LogP contribution in [0, 0.1) is 0 Å². The van der Waals surface area contributed by atoms with E-state index < -0.39 is 5.79 Å². The number of aromatic amines is 1. The van der Waals surface area contributed by atoms with E-state index in [1.165, 1.54) is 0 Å². The van der Waals surface area contributed by atoms with Crippen molar-refractivity contribution in [1.82, 2.24) is 19.5 Å². The van der Waals surface area contributed by atoms with Crippen molar-refractivity contribution in [3.8, 4) is 90.8 Å². The Kier molecular flexibility index (Phi) is 15.6. The van der Waals surface area contributed by atoms with Crippen molar-refractivity contribution < 1.29 is 18.9 Å². The van der Waals surface area contributed by atoms with Gasteiger partial charge < -0.3 is 23.9 Å². The van der Waals surface area contributed by atoms with Gasteiger partial charge in [0.1, 0.15) is 34.6 Å². The van der Waals surface area contributed by atoms with Gasteiger partial charge in [0.05, 0.1) is 74.0 Å². The molecular weight excluding hydrogens is 1100 g/mol. The Morgan fingerprint density at radius 3 is 1.30 bits per heavy atom. The molecule has 0 saturated heterocycles. The highest BCUT2D eigenvalue weighted by atomic mass is 16.5. The highest BCUT2D eigenvalue weighted by Crippen LogP contribution is 2.53. The summed E-state index contributed by atoms with van der Waals surface area (Å²) in [5, 5.41) is 0. The molecule has 11 nitrogen and oxygen atoms in total. The average Bonchev–Trinajstić information content (AvgIpc) is 1.73. The maximum atomic E-state index is 5.58. The number of allylic oxidation sites excluding steroid dienone is 1. The fourth-order valence-corrected chi connectivity index (χ4v) is 11.9. The highest BCUT2D eigenvalue weighted by molar-refractivity contribution is 6.54. The Morgan fingerprint density at radius 2 is 0.798 bits per heavy atom. The standard InChI is InChI=1S/C39H31N3O2.C38H28N4O2.CH4/c1-43-30-21-17-26(18-22-30)34-25-35(40-36(34)29-19-23-31(44-2)24-20-29)32-15-9-10-16-33(32)39-41-37(27-11-5-3-6-12-27)38(42-39)28-13-7-4-8-14-28;1-43-29-21-17-26(18-22-29)33-34(27-19-23-30(44-2)24-20-27)41-38(40-33)32-16-10-9-15-31(32)37-39-35(25-11-5-3-6-12-25)36(42(37)38)28-13-7-4-8-14-28;/h3-24H,25H2,1-2H3,(H,41,42);3-24H,1-2H3;1H4. The third-order valence-electron chi connectivity index (χ3n) is 16.3. The molecule has 0 amide bonds. The molecule has 3 aliphatic rings. The van der Waals surface area contributed by atoms with Crippen LogP contribution in [0.25, 0.3) is 79.1 Å². The second-order valence-electron chi connectivity index (χ2n) is 21.4. The summed E-state index contributed by atoms with van der Waals surface area (Å²) in [5.74, 6) is 3.77. The quantitative estimate of drug-likeness (QED) is 0.116. The molecular formula is C78H63N7O4. The molecule has 5 heterocycles. The third-order valence-corrected chi connectivity index (χ3v) is 16.3. The fourth-order valence-electron chi connectivity index (χ4n) is 11.9. The van der Waals surface area contributed by atoms with Crippen LogP contribution >= 0.6 is 0 Å². The van der Waals surface area contributed by atoms with Crippen LogP contribution in [0.3, 0.4) is 0 Å². The van der Waals surface area contributed by atoms with Gasteiger partial charge in [-0.05, 0) is 96.1 Å². The summed E-state index contributed by atoms with van der Waals surface area (Å²) in [7, 11) is 6.71. The molecule has 10 aromatic carbocycles. The van der Waals surface area contributed by atoms with Crippen LogP contribution in [-0.4, -0.2) is 65.1 Å². The molecule has 0 unspecified atom stereocenters. The zero-order chi connectivity index (χ0) is 59.6. The summed E-state index contributed by atoms with van der Waals surface area (Å²) in [6, 6.07) is 90.5. The Balaban J connectivity index is 0.000000162. The molecule has 1 N–H and O–H groups in total. The van der Waals surface area contributed by atoms with E-state index in [0.717, 1.165) is 153 Å². The lowest BCUT2D eigenvalue weighted by Crippen LogP contribution is -2.26. The number of ether oxygens (including phenoxy) is 4. The SMILES string of the molecule is C.COc1ccc(C2=C(c3ccc(OC)cc3)N=C(c3ccccc3-c3nc(-c4ccccc4)c(-c4ccccc4)[nH]3)C2)cc1.COc1ccc(C2=NC3(N=C2c2ccc(OC)cc2)c2ccccc2-c2nc(-c4ccccc4)c(-c4ccccc4)n23)cc1. The van der Waals surface area contributed by atoms with Gasteiger partial charge in [-0.3, -0.25) is 9.56 Å². The molecule has 0 atom stereocenters. The van der Waals surface area contributed by atoms with E-state index in [-0.39, 0.29) is 7.43 Å². The normalized spacial score (nSPS) is 13.3. The molecule has 0 radical (unpaired) electrons. The largest absolute Gasteiger partial charge is 0.497 e. The number of H-pyrrole nitrogens is 1. The van der Waals surface area contributed by atoms with Crippen molar-refractivity contribution in [2.24, 2.45) is 15.0 Å². The number of aliphatic imine (C=N–C) groups is 3. The van der Waals surface area contributed by atoms with Crippen molar-refractivity contribution in [2.45, 2.75) is 19.6 Å². The Hall–Kier alpha value is -11.4. The average molecular weight is 1160 g/mol. The number of imidazole rings is 2. The molecule has 0 bridgehead atoms. The number of methoxy groups -OCH3 is 4. The van der Waals surface area contributed by atoms with Crippen molar-refractivity contribution in [3.63, 3.8) is 0 Å². The molecule has 0 saturated carbocycles. The van der Waals surface area contributed by atoms with Crippen LogP contribution < -0.4 is 18.9 Å². The first-order valence-electron chi connectivity index (χ1n) is 29.1. The zero-order valence-electron chi connectivity index (χ0n) is 48.9. The Labute approximate surface area is 518 Å². The van der Waals surface area contributed by atoms with Gasteiger partial charge in [0, 0.05) is 67.6 Å². The van der Waals surface area contributed by atoms with E-state index in [1.54, 1.807) is 28.4 Å². The maximum absolute atomic E-state index is 5.58. The number of aromatic nitrogens is 4. The van der Waals surface area contributed by atoms with Gasteiger partial charge in [-0.25, -0.2) is 20.0 Å². The van der Waals surface area contributed by atoms with E-state index in [2.05, 4.69) is 155 Å². The molecule has 3 aliphatic heterocycles. The van der Waals surface area contributed by atoms with Gasteiger partial charge in [0.25, 0.3) is 5.79 Å². The molecule has 89 heavy (non-hydrogen) atoms. The van der Waals surface area contributed by atoms with Crippen LogP contribution in [0.1, 0.15) is 47.2 Å². The number of nitrogens with zero attached hydrogens (tertiary/aromatic N) is 6. The summed E-state index contributed by atoms with van der Waals surface area (Å²) in [6.07, 6.45) is 0.683. The van der Waals surface area contributed by atoms with Crippen LogP contribution in [-0.2, 0) is 5.79 Å². The first-order chi connectivity index (χ1) is 43.4. The minimum absolute atomic E-state index is 0. The minimum atomic E-state index is -1.10. The van der Waals surface area contributed by atoms with Gasteiger partial charge in [-0.15, -0.1) is 0 Å². The minimum Gasteiger partial charge on any atom is -0.497 e. The topological polar surface area (TPSA) is 120 Å². The molecule has 0 aliphatic carbocycles. The van der Waals surface area contributed by atoms with E-state index >= 15 is 0 Å². The second kappa shape index (κ2) is 24.5. The van der Waals surface area contributed by atoms with Crippen molar-refractivity contribution in [1.29, 1.82) is 0 Å². The molecule has 1 spiro atoms. The van der Waals surface area contributed by atoms with Crippen molar-refractivity contribution in [2.75, 3.05) is 28.4 Å². The Bertz CT molecular complexity index is 4510. The van der Waals surface area contributed by atoms with Crippen LogP contribution in [0.2, 0.25) is 0 Å². The van der Waals surface area contributed by atoms with Crippen molar-refractivity contribution >= 4 is 28.4 Å². The van der Waals surface area contributed by atoms with Gasteiger partial charge in [-0.1, -0.05) is 189 Å². The number of hydrogen-bond acceptors (Lipinski definition) is 9. The van der Waals surface area contributed by atoms with Crippen LogP contribution in [0.15, 0.2) is 282 Å². The van der Waals surface area contributed by atoms with Crippen LogP contribution in [0.4, 0.5) is 0 Å². The Morgan fingerprint density at radius 1 is 0.382 bits per heavy atom. The molecule has 11 heteroatoms. The lowest BCUT2D eigenvalue weighted by molar-refractivity contribution is 0.414. The summed E-state index contributed by atoms with van der Waals surface area (Å²) in [4.78, 5) is 30.7. The van der Waals surface area contributed by atoms with Crippen LogP contribution in [0.5, 0.6) is 23.0 Å². The predicted molar refractivity (Wildman–Crippen MR) is 360 cm³/mol. The zero-order valence-corrected chi connectivity index (χ0v) is 48.9. The lowest BCUT2D eigenvalue weighted by Gasteiger charge is -2.24.